The van der Waals surface area contributed by atoms with Crippen LogP contribution < -0.4 is 4.90 Å². The van der Waals surface area contributed by atoms with Crippen molar-refractivity contribution in [2.45, 2.75) is 12.3 Å². The van der Waals surface area contributed by atoms with Gasteiger partial charge in [-0.05, 0) is 36.8 Å². The van der Waals surface area contributed by atoms with Gasteiger partial charge in [-0.25, -0.2) is 0 Å². The lowest BCUT2D eigenvalue weighted by molar-refractivity contribution is -0.115. The normalized spacial score (nSPS) is 18.6. The van der Waals surface area contributed by atoms with Crippen molar-refractivity contribution in [1.29, 1.82) is 0 Å². The summed E-state index contributed by atoms with van der Waals surface area (Å²) in [5.41, 5.74) is 3.15. The second-order valence-corrected chi connectivity index (χ2v) is 5.92. The molecular weight excluding hydrogens is 270 g/mol. The van der Waals surface area contributed by atoms with Gasteiger partial charge in [0.2, 0.25) is 5.91 Å². The molecule has 1 heterocycles. The van der Waals surface area contributed by atoms with E-state index in [2.05, 4.69) is 31.2 Å². The summed E-state index contributed by atoms with van der Waals surface area (Å²) in [5, 5.41) is 9.38. The minimum atomic E-state index is 0.00708. The second kappa shape index (κ2) is 5.21. The largest absolute Gasteiger partial charge is 0.508 e. The van der Waals surface area contributed by atoms with Crippen LogP contribution in [0.5, 0.6) is 5.75 Å². The number of aryl methyl sites for hydroxylation is 1. The molecule has 1 fully saturated rings. The molecule has 1 amide bonds. The highest BCUT2D eigenvalue weighted by molar-refractivity contribution is 8.00. The van der Waals surface area contributed by atoms with Crippen molar-refractivity contribution in [1.82, 2.24) is 0 Å². The third-order valence-corrected chi connectivity index (χ3v) is 4.57. The lowest BCUT2D eigenvalue weighted by atomic mass is 10.1. The van der Waals surface area contributed by atoms with E-state index < -0.39 is 0 Å². The van der Waals surface area contributed by atoms with Crippen LogP contribution in [0.25, 0.3) is 0 Å². The topological polar surface area (TPSA) is 40.5 Å². The Hall–Kier alpha value is -1.94. The van der Waals surface area contributed by atoms with Gasteiger partial charge in [0.05, 0.1) is 5.75 Å². The molecule has 102 valence electrons. The predicted octanol–water partition coefficient (Wildman–Crippen LogP) is 3.48. The number of amides is 1. The minimum absolute atomic E-state index is 0.00708. The van der Waals surface area contributed by atoms with E-state index in [9.17, 15) is 9.90 Å². The van der Waals surface area contributed by atoms with Gasteiger partial charge in [-0.2, -0.15) is 0 Å². The molecule has 1 N–H and O–H groups in total. The molecule has 1 saturated heterocycles. The standard InChI is InChI=1S/C16H15NO2S/c1-11-2-4-12(5-3-11)16-17(15(19)10-20-16)13-6-8-14(18)9-7-13/h2-9,16,18H,10H2,1H3. The molecule has 1 unspecified atom stereocenters. The van der Waals surface area contributed by atoms with Crippen molar-refractivity contribution in [3.05, 3.63) is 59.7 Å². The number of rotatable bonds is 2. The maximum Gasteiger partial charge on any atom is 0.238 e. The average Bonchev–Trinajstić information content (AvgIpc) is 2.83. The summed E-state index contributed by atoms with van der Waals surface area (Å²) in [4.78, 5) is 14.0. The van der Waals surface area contributed by atoms with Gasteiger partial charge in [-0.15, -0.1) is 11.8 Å². The van der Waals surface area contributed by atoms with Crippen LogP contribution in [0.3, 0.4) is 0 Å². The Morgan fingerprint density at radius 2 is 1.75 bits per heavy atom. The van der Waals surface area contributed by atoms with Gasteiger partial charge in [0.25, 0.3) is 0 Å². The number of nitrogens with zero attached hydrogens (tertiary/aromatic N) is 1. The maximum atomic E-state index is 12.2. The Labute approximate surface area is 122 Å². The molecule has 2 aromatic rings. The van der Waals surface area contributed by atoms with Gasteiger partial charge in [-0.3, -0.25) is 9.69 Å². The summed E-state index contributed by atoms with van der Waals surface area (Å²) in [6, 6.07) is 15.0. The van der Waals surface area contributed by atoms with Gasteiger partial charge < -0.3 is 5.11 Å². The lowest BCUT2D eigenvalue weighted by Crippen LogP contribution is -2.27. The fourth-order valence-electron chi connectivity index (χ4n) is 2.29. The highest BCUT2D eigenvalue weighted by Gasteiger charge is 2.33. The number of anilines is 1. The number of phenolic OH excluding ortho intramolecular Hbond substituents is 1. The number of aromatic hydroxyl groups is 1. The second-order valence-electron chi connectivity index (χ2n) is 4.85. The fraction of sp³-hybridized carbons (Fsp3) is 0.188. The van der Waals surface area contributed by atoms with Gasteiger partial charge in [0.1, 0.15) is 11.1 Å². The summed E-state index contributed by atoms with van der Waals surface area (Å²) in [6.45, 7) is 2.05. The van der Waals surface area contributed by atoms with Crippen LogP contribution >= 0.6 is 11.8 Å². The third kappa shape index (κ3) is 2.39. The van der Waals surface area contributed by atoms with Crippen molar-refractivity contribution in [2.24, 2.45) is 0 Å². The van der Waals surface area contributed by atoms with Gasteiger partial charge in [0.15, 0.2) is 0 Å². The van der Waals surface area contributed by atoms with E-state index >= 15 is 0 Å². The molecule has 1 aliphatic rings. The summed E-state index contributed by atoms with van der Waals surface area (Å²) in [6.07, 6.45) is 0. The first-order valence-corrected chi connectivity index (χ1v) is 7.49. The third-order valence-electron chi connectivity index (χ3n) is 3.36. The number of thioether (sulfide) groups is 1. The zero-order valence-electron chi connectivity index (χ0n) is 11.1. The molecule has 0 aromatic heterocycles. The summed E-state index contributed by atoms with van der Waals surface area (Å²) >= 11 is 1.63. The van der Waals surface area contributed by atoms with Gasteiger partial charge in [-0.1, -0.05) is 29.8 Å². The molecule has 0 spiro atoms. The van der Waals surface area contributed by atoms with Crippen LogP contribution in [0.1, 0.15) is 16.5 Å². The molecule has 3 nitrogen and oxygen atoms in total. The quantitative estimate of drug-likeness (QED) is 0.918. The molecule has 0 aliphatic carbocycles. The Morgan fingerprint density at radius 3 is 2.40 bits per heavy atom. The SMILES string of the molecule is Cc1ccc(C2SCC(=O)N2c2ccc(O)cc2)cc1. The summed E-state index contributed by atoms with van der Waals surface area (Å²) in [5.74, 6) is 0.797. The van der Waals surface area contributed by atoms with E-state index in [1.165, 1.54) is 5.56 Å². The van der Waals surface area contributed by atoms with Crippen molar-refractivity contribution in [3.63, 3.8) is 0 Å². The number of carbonyl (C=O) groups is 1. The average molecular weight is 285 g/mol. The van der Waals surface area contributed by atoms with E-state index in [-0.39, 0.29) is 17.0 Å². The molecule has 3 rings (SSSR count). The van der Waals surface area contributed by atoms with Crippen LogP contribution in [0.15, 0.2) is 48.5 Å². The molecule has 0 bridgehead atoms. The van der Waals surface area contributed by atoms with Gasteiger partial charge >= 0.3 is 0 Å². The smallest absolute Gasteiger partial charge is 0.238 e. The maximum absolute atomic E-state index is 12.2. The highest BCUT2D eigenvalue weighted by atomic mass is 32.2. The molecule has 1 aliphatic heterocycles. The number of carbonyl (C=O) groups excluding carboxylic acids is 1. The number of hydrogen-bond donors (Lipinski definition) is 1. The van der Waals surface area contributed by atoms with Crippen LogP contribution in [-0.4, -0.2) is 16.8 Å². The molecule has 20 heavy (non-hydrogen) atoms. The molecular formula is C16H15NO2S. The van der Waals surface area contributed by atoms with Crippen molar-refractivity contribution in [2.75, 3.05) is 10.7 Å². The van der Waals surface area contributed by atoms with Crippen LogP contribution in [0.4, 0.5) is 5.69 Å². The predicted molar refractivity (Wildman–Crippen MR) is 82.0 cm³/mol. The van der Waals surface area contributed by atoms with Gasteiger partial charge in [0, 0.05) is 5.69 Å². The van der Waals surface area contributed by atoms with Crippen molar-refractivity contribution in [3.8, 4) is 5.75 Å². The van der Waals surface area contributed by atoms with Crippen LogP contribution in [0, 0.1) is 6.92 Å². The van der Waals surface area contributed by atoms with Crippen molar-refractivity contribution >= 4 is 23.4 Å². The number of benzene rings is 2. The summed E-state index contributed by atoms with van der Waals surface area (Å²) in [7, 11) is 0. The monoisotopic (exact) mass is 285 g/mol. The molecule has 0 saturated carbocycles. The minimum Gasteiger partial charge on any atom is -0.508 e. The molecule has 2 aromatic carbocycles. The van der Waals surface area contributed by atoms with E-state index in [0.717, 1.165) is 11.3 Å². The fourth-order valence-corrected chi connectivity index (χ4v) is 3.47. The first-order valence-electron chi connectivity index (χ1n) is 6.44. The Kier molecular flexibility index (Phi) is 3.40. The first-order chi connectivity index (χ1) is 9.65. The van der Waals surface area contributed by atoms with E-state index in [1.807, 2.05) is 0 Å². The zero-order chi connectivity index (χ0) is 14.1. The van der Waals surface area contributed by atoms with Crippen molar-refractivity contribution < 1.29 is 9.90 Å². The highest BCUT2D eigenvalue weighted by Crippen LogP contribution is 2.41. The first kappa shape index (κ1) is 13.1. The molecule has 0 radical (unpaired) electrons. The Morgan fingerprint density at radius 1 is 1.10 bits per heavy atom. The molecule has 4 heteroatoms. The van der Waals surface area contributed by atoms with Crippen LogP contribution in [-0.2, 0) is 4.79 Å². The van der Waals surface area contributed by atoms with E-state index in [4.69, 9.17) is 0 Å². The molecule has 1 atom stereocenters. The Bertz CT molecular complexity index is 622. The van der Waals surface area contributed by atoms with E-state index in [0.29, 0.717) is 5.75 Å². The van der Waals surface area contributed by atoms with Crippen LogP contribution in [0.2, 0.25) is 0 Å². The lowest BCUT2D eigenvalue weighted by Gasteiger charge is -2.24. The van der Waals surface area contributed by atoms with E-state index in [1.54, 1.807) is 40.9 Å². The Balaban J connectivity index is 1.96. The number of hydrogen-bond acceptors (Lipinski definition) is 3. The zero-order valence-corrected chi connectivity index (χ0v) is 11.9. The number of phenols is 1. The summed E-state index contributed by atoms with van der Waals surface area (Å²) < 4.78 is 0.